The molecular formula is C37H30O13. The van der Waals surface area contributed by atoms with Crippen molar-refractivity contribution in [2.45, 2.75) is 36.8 Å². The topological polar surface area (TPSA) is 227 Å². The van der Waals surface area contributed by atoms with Crippen LogP contribution in [0.4, 0.5) is 0 Å². The van der Waals surface area contributed by atoms with Crippen molar-refractivity contribution in [3.05, 3.63) is 118 Å². The molecule has 5 atom stereocenters. The van der Waals surface area contributed by atoms with Gasteiger partial charge in [0.25, 0.3) is 0 Å². The zero-order chi connectivity index (χ0) is 35.4. The Labute approximate surface area is 283 Å². The summed E-state index contributed by atoms with van der Waals surface area (Å²) in [6, 6.07) is 19.7. The first kappa shape index (κ1) is 32.1. The smallest absolute Gasteiger partial charge is 0.338 e. The largest absolute Gasteiger partial charge is 0.508 e. The number of rotatable bonds is 5. The highest BCUT2D eigenvalue weighted by atomic mass is 16.6. The maximum atomic E-state index is 13.3. The number of phenols is 8. The standard InChI is InChI=1S/C37H30O13/c38-20-13-25(42)32-29(14-20)49-36(17-6-7-22(39)24(41)9-17)34(46)31(32)21-8-18-12-30(50-37(47)19-10-26(43)33(45)27(44)11-19)35(16-4-2-1-3-5-16)48-28(18)15-23(21)40/h1-11,13-15,30-31,34-36,38-46H,12H2/t30-,31+,34-,35-,36-/m1/s1. The van der Waals surface area contributed by atoms with Gasteiger partial charge in [0, 0.05) is 41.7 Å². The van der Waals surface area contributed by atoms with Crippen molar-refractivity contribution in [3.8, 4) is 57.5 Å². The number of ether oxygens (including phenoxy) is 3. The minimum Gasteiger partial charge on any atom is -0.508 e. The first-order valence-electron chi connectivity index (χ1n) is 15.3. The second-order valence-electron chi connectivity index (χ2n) is 12.1. The number of hydrogen-bond acceptors (Lipinski definition) is 13. The summed E-state index contributed by atoms with van der Waals surface area (Å²) in [5.41, 5.74) is 1.25. The van der Waals surface area contributed by atoms with Gasteiger partial charge in [-0.2, -0.15) is 0 Å². The Morgan fingerprint density at radius 1 is 0.640 bits per heavy atom. The van der Waals surface area contributed by atoms with Gasteiger partial charge in [-0.05, 0) is 47.0 Å². The van der Waals surface area contributed by atoms with Gasteiger partial charge in [-0.15, -0.1) is 0 Å². The van der Waals surface area contributed by atoms with Crippen LogP contribution in [0.2, 0.25) is 0 Å². The number of aromatic hydroxyl groups is 8. The minimum atomic E-state index is -1.50. The minimum absolute atomic E-state index is 0.0138. The van der Waals surface area contributed by atoms with Gasteiger partial charge >= 0.3 is 5.97 Å². The number of hydrogen-bond donors (Lipinski definition) is 9. The lowest BCUT2D eigenvalue weighted by molar-refractivity contribution is -0.0185. The summed E-state index contributed by atoms with van der Waals surface area (Å²) in [6.45, 7) is 0. The zero-order valence-corrected chi connectivity index (χ0v) is 25.8. The fraction of sp³-hybridized carbons (Fsp3) is 0.162. The van der Waals surface area contributed by atoms with Gasteiger partial charge in [-0.1, -0.05) is 36.4 Å². The molecule has 0 radical (unpaired) electrons. The molecule has 0 unspecified atom stereocenters. The molecule has 0 bridgehead atoms. The third kappa shape index (κ3) is 5.58. The average Bonchev–Trinajstić information content (AvgIpc) is 3.08. The second kappa shape index (κ2) is 12.2. The molecule has 5 aromatic rings. The van der Waals surface area contributed by atoms with Crippen molar-refractivity contribution >= 4 is 5.97 Å². The molecule has 9 N–H and O–H groups in total. The molecule has 0 aliphatic carbocycles. The van der Waals surface area contributed by atoms with Crippen molar-refractivity contribution in [2.24, 2.45) is 0 Å². The summed E-state index contributed by atoms with van der Waals surface area (Å²) in [4.78, 5) is 13.3. The Hall–Kier alpha value is -6.47. The Morgan fingerprint density at radius 2 is 1.34 bits per heavy atom. The number of carbonyl (C=O) groups excluding carboxylic acids is 1. The first-order valence-corrected chi connectivity index (χ1v) is 15.3. The Kier molecular flexibility index (Phi) is 7.83. The molecule has 0 saturated carbocycles. The van der Waals surface area contributed by atoms with E-state index in [9.17, 15) is 50.8 Å². The number of phenolic OH excluding ortho intramolecular Hbond substituents is 8. The van der Waals surface area contributed by atoms with Gasteiger partial charge in [0.15, 0.2) is 41.0 Å². The molecule has 0 aromatic heterocycles. The summed E-state index contributed by atoms with van der Waals surface area (Å²) in [5.74, 6) is -6.10. The number of carbonyl (C=O) groups is 1. The van der Waals surface area contributed by atoms with Crippen LogP contribution >= 0.6 is 0 Å². The lowest BCUT2D eigenvalue weighted by atomic mass is 9.78. The molecular weight excluding hydrogens is 652 g/mol. The highest BCUT2D eigenvalue weighted by Crippen LogP contribution is 2.53. The van der Waals surface area contributed by atoms with E-state index in [2.05, 4.69) is 0 Å². The van der Waals surface area contributed by atoms with Crippen LogP contribution in [-0.4, -0.2) is 64.1 Å². The highest BCUT2D eigenvalue weighted by Gasteiger charge is 2.44. The van der Waals surface area contributed by atoms with E-state index >= 15 is 0 Å². The van der Waals surface area contributed by atoms with E-state index in [0.29, 0.717) is 11.1 Å². The summed E-state index contributed by atoms with van der Waals surface area (Å²) < 4.78 is 18.2. The van der Waals surface area contributed by atoms with Gasteiger partial charge in [0.1, 0.15) is 41.0 Å². The normalized spacial score (nSPS) is 20.9. The monoisotopic (exact) mass is 682 g/mol. The van der Waals surface area contributed by atoms with Crippen LogP contribution in [0.5, 0.6) is 57.5 Å². The predicted octanol–water partition coefficient (Wildman–Crippen LogP) is 4.86. The maximum Gasteiger partial charge on any atom is 0.338 e. The summed E-state index contributed by atoms with van der Waals surface area (Å²) >= 11 is 0. The van der Waals surface area contributed by atoms with E-state index in [1.54, 1.807) is 30.3 Å². The molecule has 2 heterocycles. The molecule has 13 heteroatoms. The first-order chi connectivity index (χ1) is 23.9. The lowest BCUT2D eigenvalue weighted by Gasteiger charge is -2.39. The van der Waals surface area contributed by atoms with E-state index in [1.807, 2.05) is 0 Å². The Bertz CT molecular complexity index is 2110. The second-order valence-corrected chi connectivity index (χ2v) is 12.1. The number of benzene rings is 5. The van der Waals surface area contributed by atoms with Crippen LogP contribution in [0.3, 0.4) is 0 Å². The third-order valence-corrected chi connectivity index (χ3v) is 8.90. The fourth-order valence-corrected chi connectivity index (χ4v) is 6.53. The van der Waals surface area contributed by atoms with Crippen molar-refractivity contribution in [3.63, 3.8) is 0 Å². The zero-order valence-electron chi connectivity index (χ0n) is 25.8. The molecule has 256 valence electrons. The summed E-state index contributed by atoms with van der Waals surface area (Å²) in [7, 11) is 0. The van der Waals surface area contributed by atoms with Gasteiger partial charge in [-0.25, -0.2) is 4.79 Å². The Balaban J connectivity index is 1.30. The molecule has 2 aliphatic rings. The van der Waals surface area contributed by atoms with Crippen LogP contribution in [0, 0.1) is 0 Å². The predicted molar refractivity (Wildman–Crippen MR) is 173 cm³/mol. The van der Waals surface area contributed by atoms with E-state index in [0.717, 1.165) is 18.2 Å². The maximum absolute atomic E-state index is 13.3. The number of esters is 1. The molecule has 13 nitrogen and oxygen atoms in total. The van der Waals surface area contributed by atoms with Crippen LogP contribution in [0.25, 0.3) is 0 Å². The van der Waals surface area contributed by atoms with Crippen LogP contribution in [-0.2, 0) is 11.2 Å². The molecule has 50 heavy (non-hydrogen) atoms. The van der Waals surface area contributed by atoms with Crippen molar-refractivity contribution in [1.82, 2.24) is 0 Å². The van der Waals surface area contributed by atoms with Crippen molar-refractivity contribution < 1.29 is 65.0 Å². The van der Waals surface area contributed by atoms with Crippen molar-refractivity contribution in [1.29, 1.82) is 0 Å². The third-order valence-electron chi connectivity index (χ3n) is 8.90. The fourth-order valence-electron chi connectivity index (χ4n) is 6.53. The molecule has 0 saturated heterocycles. The molecule has 2 aliphatic heterocycles. The summed E-state index contributed by atoms with van der Waals surface area (Å²) in [6.07, 6.45) is -4.56. The molecule has 0 spiro atoms. The highest BCUT2D eigenvalue weighted by molar-refractivity contribution is 5.91. The molecule has 5 aromatic carbocycles. The molecule has 0 amide bonds. The van der Waals surface area contributed by atoms with Crippen molar-refractivity contribution in [2.75, 3.05) is 0 Å². The van der Waals surface area contributed by atoms with E-state index in [4.69, 9.17) is 14.2 Å². The van der Waals surface area contributed by atoms with Gasteiger partial charge in [0.2, 0.25) is 0 Å². The quantitative estimate of drug-likeness (QED) is 0.0893. The average molecular weight is 683 g/mol. The Morgan fingerprint density at radius 3 is 2.04 bits per heavy atom. The number of aliphatic hydroxyl groups is 1. The molecule has 0 fully saturated rings. The number of aliphatic hydroxyl groups excluding tert-OH is 1. The summed E-state index contributed by atoms with van der Waals surface area (Å²) in [5, 5.41) is 94.2. The lowest BCUT2D eigenvalue weighted by Crippen LogP contribution is -2.36. The van der Waals surface area contributed by atoms with E-state index in [1.165, 1.54) is 36.4 Å². The number of fused-ring (bicyclic) bond motifs is 2. The van der Waals surface area contributed by atoms with Crippen LogP contribution in [0.1, 0.15) is 56.3 Å². The van der Waals surface area contributed by atoms with Crippen LogP contribution < -0.4 is 9.47 Å². The van der Waals surface area contributed by atoms with E-state index < -0.39 is 70.8 Å². The van der Waals surface area contributed by atoms with E-state index in [-0.39, 0.29) is 51.7 Å². The van der Waals surface area contributed by atoms with Gasteiger partial charge in [-0.3, -0.25) is 0 Å². The van der Waals surface area contributed by atoms with Gasteiger partial charge in [0.05, 0.1) is 5.56 Å². The van der Waals surface area contributed by atoms with Crippen LogP contribution in [0.15, 0.2) is 84.9 Å². The molecule has 7 rings (SSSR count). The van der Waals surface area contributed by atoms with Gasteiger partial charge < -0.3 is 60.2 Å². The SMILES string of the molecule is O=C(O[C@@H]1Cc2cc([C@H]3c4c(O)cc(O)cc4O[C@H](c4ccc(O)c(O)c4)[C@@H]3O)c(O)cc2O[C@@H]1c1ccccc1)c1cc(O)c(O)c(O)c1.